The molecule has 0 radical (unpaired) electrons. The molecular formula is C27H23ClF3N3O3S. The van der Waals surface area contributed by atoms with Crippen LogP contribution < -0.4 is 10.1 Å². The van der Waals surface area contributed by atoms with E-state index in [1.165, 1.54) is 19.2 Å². The van der Waals surface area contributed by atoms with Gasteiger partial charge in [-0.3, -0.25) is 9.88 Å². The van der Waals surface area contributed by atoms with E-state index in [0.717, 1.165) is 35.2 Å². The average molecular weight is 562 g/mol. The van der Waals surface area contributed by atoms with Crippen LogP contribution in [0.1, 0.15) is 30.7 Å². The van der Waals surface area contributed by atoms with Crippen LogP contribution in [-0.2, 0) is 11.2 Å². The average Bonchev–Trinajstić information content (AvgIpc) is 3.28. The van der Waals surface area contributed by atoms with Crippen molar-refractivity contribution in [2.45, 2.75) is 30.2 Å². The Morgan fingerprint density at radius 2 is 1.76 bits per heavy atom. The van der Waals surface area contributed by atoms with Crippen LogP contribution in [0.3, 0.4) is 0 Å². The minimum Gasteiger partial charge on any atom is -0.495 e. The maximum absolute atomic E-state index is 14.7. The zero-order valence-corrected chi connectivity index (χ0v) is 22.1. The van der Waals surface area contributed by atoms with Gasteiger partial charge in [-0.1, -0.05) is 43.3 Å². The van der Waals surface area contributed by atoms with Gasteiger partial charge in [0.25, 0.3) is 0 Å². The van der Waals surface area contributed by atoms with Gasteiger partial charge < -0.3 is 9.84 Å². The number of nitrogens with zero attached hydrogens (tertiary/aromatic N) is 2. The highest BCUT2D eigenvalue weighted by molar-refractivity contribution is 7.98. The number of imidazole rings is 1. The van der Waals surface area contributed by atoms with Crippen LogP contribution in [0.15, 0.2) is 66.0 Å². The molecule has 0 aliphatic carbocycles. The molecule has 198 valence electrons. The molecule has 4 rings (SSSR count). The summed E-state index contributed by atoms with van der Waals surface area (Å²) in [5.74, 6) is -1.82. The number of aromatic nitrogens is 2. The predicted molar refractivity (Wildman–Crippen MR) is 141 cm³/mol. The molecule has 4 aromatic rings. The summed E-state index contributed by atoms with van der Waals surface area (Å²) < 4.78 is 50.3. The lowest BCUT2D eigenvalue weighted by atomic mass is 9.81. The molecule has 1 heterocycles. The van der Waals surface area contributed by atoms with Crippen LogP contribution in [0.2, 0.25) is 5.02 Å². The summed E-state index contributed by atoms with van der Waals surface area (Å²) in [6, 6.07) is 13.1. The van der Waals surface area contributed by atoms with E-state index in [9.17, 15) is 18.0 Å². The van der Waals surface area contributed by atoms with Crippen LogP contribution >= 0.6 is 23.4 Å². The monoisotopic (exact) mass is 561 g/mol. The van der Waals surface area contributed by atoms with Gasteiger partial charge in [0, 0.05) is 28.1 Å². The normalized spacial score (nSPS) is 11.4. The maximum Gasteiger partial charge on any atom is 0.409 e. The van der Waals surface area contributed by atoms with Crippen molar-refractivity contribution in [1.82, 2.24) is 9.55 Å². The van der Waals surface area contributed by atoms with Gasteiger partial charge in [0.2, 0.25) is 0 Å². The van der Waals surface area contributed by atoms with Gasteiger partial charge in [0.05, 0.1) is 24.0 Å². The first-order chi connectivity index (χ1) is 18.0. The van der Waals surface area contributed by atoms with Crippen LogP contribution in [0, 0.1) is 17.5 Å². The number of carboxylic acid groups (broad SMARTS) is 1. The highest BCUT2D eigenvalue weighted by Crippen LogP contribution is 2.39. The van der Waals surface area contributed by atoms with Crippen LogP contribution in [0.4, 0.5) is 23.7 Å². The second-order valence-corrected chi connectivity index (χ2v) is 10.2. The largest absolute Gasteiger partial charge is 0.495 e. The van der Waals surface area contributed by atoms with Crippen molar-refractivity contribution in [3.8, 4) is 11.4 Å². The molecule has 0 unspecified atom stereocenters. The number of anilines is 1. The lowest BCUT2D eigenvalue weighted by Gasteiger charge is -2.28. The van der Waals surface area contributed by atoms with E-state index >= 15 is 0 Å². The molecule has 0 bridgehead atoms. The number of methoxy groups -OCH3 is 1. The fourth-order valence-electron chi connectivity index (χ4n) is 3.99. The molecule has 1 aromatic heterocycles. The summed E-state index contributed by atoms with van der Waals surface area (Å²) in [6.07, 6.45) is 0.236. The van der Waals surface area contributed by atoms with Gasteiger partial charge in [-0.25, -0.2) is 22.9 Å². The summed E-state index contributed by atoms with van der Waals surface area (Å²) in [7, 11) is 1.53. The van der Waals surface area contributed by atoms with Crippen molar-refractivity contribution >= 4 is 35.1 Å². The van der Waals surface area contributed by atoms with Gasteiger partial charge in [-0.15, -0.1) is 0 Å². The van der Waals surface area contributed by atoms with E-state index < -0.39 is 29.0 Å². The molecule has 0 spiro atoms. The van der Waals surface area contributed by atoms with Gasteiger partial charge in [-0.05, 0) is 54.1 Å². The number of halogens is 4. The summed E-state index contributed by atoms with van der Waals surface area (Å²) >= 11 is 7.31. The minimum absolute atomic E-state index is 0.127. The van der Waals surface area contributed by atoms with Crippen molar-refractivity contribution in [2.75, 3.05) is 12.4 Å². The minimum atomic E-state index is -1.43. The summed E-state index contributed by atoms with van der Waals surface area (Å²) in [5.41, 5.74) is 1.13. The zero-order valence-electron chi connectivity index (χ0n) is 20.6. The first-order valence-corrected chi connectivity index (χ1v) is 12.7. The summed E-state index contributed by atoms with van der Waals surface area (Å²) in [5, 5.41) is 11.6. The lowest BCUT2D eigenvalue weighted by molar-refractivity contribution is 0.209. The van der Waals surface area contributed by atoms with Crippen LogP contribution in [0.25, 0.3) is 5.69 Å². The van der Waals surface area contributed by atoms with E-state index in [-0.39, 0.29) is 17.0 Å². The first kappa shape index (κ1) is 27.4. The lowest BCUT2D eigenvalue weighted by Crippen LogP contribution is -2.23. The highest BCUT2D eigenvalue weighted by atomic mass is 35.5. The zero-order chi connectivity index (χ0) is 27.6. The Balaban J connectivity index is 1.75. The summed E-state index contributed by atoms with van der Waals surface area (Å²) in [4.78, 5) is 15.3. The number of nitrogens with one attached hydrogen (secondary N) is 1. The molecule has 6 nitrogen and oxygen atoms in total. The number of thioether (sulfide) groups is 1. The first-order valence-electron chi connectivity index (χ1n) is 11.3. The van der Waals surface area contributed by atoms with Crippen LogP contribution in [-0.4, -0.2) is 27.9 Å². The fraction of sp³-hybridized carbons (Fsp3) is 0.185. The Morgan fingerprint density at radius 1 is 1.11 bits per heavy atom. The number of carbonyl (C=O) groups is 1. The molecular weight excluding hydrogens is 539 g/mol. The molecule has 0 saturated carbocycles. The topological polar surface area (TPSA) is 76.4 Å². The van der Waals surface area contributed by atoms with E-state index in [2.05, 4.69) is 4.98 Å². The predicted octanol–water partition coefficient (Wildman–Crippen LogP) is 7.66. The Morgan fingerprint density at radius 3 is 2.37 bits per heavy atom. The van der Waals surface area contributed by atoms with E-state index in [0.29, 0.717) is 21.6 Å². The Kier molecular flexibility index (Phi) is 7.94. The smallest absolute Gasteiger partial charge is 0.409 e. The quantitative estimate of drug-likeness (QED) is 0.216. The molecule has 0 aliphatic heterocycles. The number of amides is 1. The molecule has 0 atom stereocenters. The van der Waals surface area contributed by atoms with Crippen molar-refractivity contribution in [2.24, 2.45) is 0 Å². The molecule has 0 saturated heterocycles. The Hall–Kier alpha value is -3.63. The third-order valence-corrected chi connectivity index (χ3v) is 7.36. The molecule has 1 amide bonds. The number of hydrogen-bond donors (Lipinski definition) is 2. The molecule has 3 aromatic carbocycles. The molecule has 0 aliphatic rings. The second kappa shape index (κ2) is 11.0. The number of ether oxygens (including phenoxy) is 1. The number of rotatable bonds is 8. The highest BCUT2D eigenvalue weighted by Gasteiger charge is 2.30. The standard InChI is InChI=1S/C27H23ClF3N3O3S/c1-27(2,15-4-9-20(28)23(10-15)37-3)24-13-32-25(34(24)18-7-5-16(29)6-8-18)38-14-19-21(30)11-17(12-22(19)31)33-26(35)36/h4-13,33H,14H2,1-3H3,(H,35,36). The molecule has 0 fully saturated rings. The van der Waals surface area contributed by atoms with Gasteiger partial charge >= 0.3 is 6.09 Å². The van der Waals surface area contributed by atoms with Gasteiger partial charge in [0.1, 0.15) is 23.2 Å². The molecule has 2 N–H and O–H groups in total. The Labute approximate surface area is 226 Å². The van der Waals surface area contributed by atoms with Crippen molar-refractivity contribution in [1.29, 1.82) is 0 Å². The third-order valence-electron chi connectivity index (χ3n) is 6.07. The number of hydrogen-bond acceptors (Lipinski definition) is 4. The van der Waals surface area contributed by atoms with Gasteiger partial charge in [-0.2, -0.15) is 0 Å². The van der Waals surface area contributed by atoms with E-state index in [1.54, 1.807) is 29.0 Å². The van der Waals surface area contributed by atoms with Gasteiger partial charge in [0.15, 0.2) is 5.16 Å². The van der Waals surface area contributed by atoms with Crippen molar-refractivity contribution in [3.05, 3.63) is 100 Å². The van der Waals surface area contributed by atoms with E-state index in [1.807, 2.05) is 31.3 Å². The molecule has 11 heteroatoms. The van der Waals surface area contributed by atoms with Crippen molar-refractivity contribution < 1.29 is 27.8 Å². The fourth-order valence-corrected chi connectivity index (χ4v) is 5.19. The third kappa shape index (κ3) is 5.61. The number of benzene rings is 3. The Bertz CT molecular complexity index is 1470. The van der Waals surface area contributed by atoms with Crippen LogP contribution in [0.5, 0.6) is 5.75 Å². The van der Waals surface area contributed by atoms with E-state index in [4.69, 9.17) is 21.4 Å². The van der Waals surface area contributed by atoms with Crippen molar-refractivity contribution in [3.63, 3.8) is 0 Å². The second-order valence-electron chi connectivity index (χ2n) is 8.85. The molecule has 38 heavy (non-hydrogen) atoms. The summed E-state index contributed by atoms with van der Waals surface area (Å²) in [6.45, 7) is 3.96. The SMILES string of the molecule is COc1cc(C(C)(C)c2cnc(SCc3c(F)cc(NC(=O)O)cc3F)n2-c2ccc(F)cc2)ccc1Cl. The maximum atomic E-state index is 14.7.